The molecule has 0 radical (unpaired) electrons. The highest BCUT2D eigenvalue weighted by Gasteiger charge is 2.62. The van der Waals surface area contributed by atoms with Gasteiger partial charge in [-0.15, -0.1) is 0 Å². The first-order valence-electron chi connectivity index (χ1n) is 15.3. The number of carbonyl (C=O) groups excluding carboxylic acids is 2. The summed E-state index contributed by atoms with van der Waals surface area (Å²) in [6.07, 6.45) is 18.9. The fraction of sp³-hybridized carbons (Fsp3) is 0.935. The smallest absolute Gasteiger partial charge is 0.222 e. The van der Waals surface area contributed by atoms with Gasteiger partial charge in [-0.05, 0) is 98.2 Å². The van der Waals surface area contributed by atoms with Crippen molar-refractivity contribution >= 4 is 11.7 Å². The van der Waals surface area contributed by atoms with Gasteiger partial charge in [-0.3, -0.25) is 9.59 Å². The van der Waals surface area contributed by atoms with Crippen LogP contribution in [-0.2, 0) is 9.59 Å². The Bertz CT molecular complexity index is 775. The number of hydrogen-bond acceptors (Lipinski definition) is 3. The predicted octanol–water partition coefficient (Wildman–Crippen LogP) is 6.54. The second-order valence-corrected chi connectivity index (χ2v) is 13.8. The standard InChI is InChI=1S/C31H51NO3/c1-30-16-14-24(33)21-23(30)20-22(29-25-12-13-27(34)31(25,2)17-15-26(29)30)10-6-4-3-5-7-11-28(35)32-18-8-9-19-32/h22-23,25-27,29,34H,3-21H2,1-2H3/t22-,23+,25+,26+,27+,29+,30+,31+/m1/s1. The van der Waals surface area contributed by atoms with Crippen LogP contribution in [0, 0.1) is 40.4 Å². The summed E-state index contributed by atoms with van der Waals surface area (Å²) in [4.78, 5) is 26.8. The van der Waals surface area contributed by atoms with E-state index in [1.54, 1.807) is 0 Å². The van der Waals surface area contributed by atoms with E-state index in [-0.39, 0.29) is 11.5 Å². The molecule has 1 heterocycles. The molecule has 4 nitrogen and oxygen atoms in total. The number of ketones is 1. The van der Waals surface area contributed by atoms with Crippen LogP contribution in [0.1, 0.15) is 123 Å². The van der Waals surface area contributed by atoms with Crippen LogP contribution in [0.25, 0.3) is 0 Å². The van der Waals surface area contributed by atoms with Crippen molar-refractivity contribution in [3.63, 3.8) is 0 Å². The topological polar surface area (TPSA) is 57.6 Å². The summed E-state index contributed by atoms with van der Waals surface area (Å²) in [5.41, 5.74) is 0.459. The number of Topliss-reactive ketones (excluding diaryl/α,β-unsaturated/α-hetero) is 1. The Morgan fingerprint density at radius 3 is 2.46 bits per heavy atom. The van der Waals surface area contributed by atoms with E-state index in [4.69, 9.17) is 0 Å². The Kier molecular flexibility index (Phi) is 7.69. The molecule has 1 aliphatic heterocycles. The Hall–Kier alpha value is -0.900. The molecule has 1 saturated heterocycles. The van der Waals surface area contributed by atoms with E-state index in [0.29, 0.717) is 28.9 Å². The van der Waals surface area contributed by atoms with E-state index in [1.807, 2.05) is 0 Å². The van der Waals surface area contributed by atoms with Crippen LogP contribution in [0.4, 0.5) is 0 Å². The largest absolute Gasteiger partial charge is 0.393 e. The van der Waals surface area contributed by atoms with Gasteiger partial charge < -0.3 is 10.0 Å². The number of fused-ring (bicyclic) bond motifs is 5. The van der Waals surface area contributed by atoms with Gasteiger partial charge in [-0.2, -0.15) is 0 Å². The molecule has 1 N–H and O–H groups in total. The summed E-state index contributed by atoms with van der Waals surface area (Å²) in [7, 11) is 0. The lowest BCUT2D eigenvalue weighted by Gasteiger charge is -2.62. The number of hydrogen-bond donors (Lipinski definition) is 1. The van der Waals surface area contributed by atoms with Gasteiger partial charge in [0.25, 0.3) is 0 Å². The molecule has 8 atom stereocenters. The first-order chi connectivity index (χ1) is 16.8. The monoisotopic (exact) mass is 485 g/mol. The molecule has 0 aromatic carbocycles. The second-order valence-electron chi connectivity index (χ2n) is 13.8. The number of rotatable bonds is 8. The van der Waals surface area contributed by atoms with E-state index in [2.05, 4.69) is 18.7 Å². The molecule has 4 saturated carbocycles. The lowest BCUT2D eigenvalue weighted by Crippen LogP contribution is -2.57. The van der Waals surface area contributed by atoms with E-state index in [0.717, 1.165) is 69.4 Å². The zero-order valence-corrected chi connectivity index (χ0v) is 22.6. The van der Waals surface area contributed by atoms with Gasteiger partial charge in [-0.1, -0.05) is 46.0 Å². The summed E-state index contributed by atoms with van der Waals surface area (Å²) >= 11 is 0. The quantitative estimate of drug-likeness (QED) is 0.397. The number of amides is 1. The van der Waals surface area contributed by atoms with Crippen molar-refractivity contribution in [3.05, 3.63) is 0 Å². The van der Waals surface area contributed by atoms with E-state index in [1.165, 1.54) is 70.6 Å². The Labute approximate surface area is 214 Å². The van der Waals surface area contributed by atoms with Gasteiger partial charge in [0, 0.05) is 32.4 Å². The highest BCUT2D eigenvalue weighted by atomic mass is 16.3. The predicted molar refractivity (Wildman–Crippen MR) is 140 cm³/mol. The molecule has 1 amide bonds. The van der Waals surface area contributed by atoms with Crippen LogP contribution in [0.5, 0.6) is 0 Å². The number of likely N-dealkylation sites (tertiary alicyclic amines) is 1. The van der Waals surface area contributed by atoms with Gasteiger partial charge in [0.15, 0.2) is 0 Å². The molecular formula is C31H51NO3. The van der Waals surface area contributed by atoms with Crippen molar-refractivity contribution in [3.8, 4) is 0 Å². The molecule has 198 valence electrons. The van der Waals surface area contributed by atoms with Crippen LogP contribution in [0.3, 0.4) is 0 Å². The summed E-state index contributed by atoms with van der Waals surface area (Å²) in [5, 5.41) is 10.9. The van der Waals surface area contributed by atoms with E-state index >= 15 is 0 Å². The lowest BCUT2D eigenvalue weighted by atomic mass is 9.42. The number of unbranched alkanes of at least 4 members (excludes halogenated alkanes) is 4. The molecular weight excluding hydrogens is 434 g/mol. The maximum atomic E-state index is 12.4. The zero-order chi connectivity index (χ0) is 24.6. The highest BCUT2D eigenvalue weighted by molar-refractivity contribution is 5.79. The molecule has 4 aliphatic carbocycles. The van der Waals surface area contributed by atoms with Crippen LogP contribution < -0.4 is 0 Å². The third-order valence-electron chi connectivity index (χ3n) is 12.0. The second kappa shape index (κ2) is 10.5. The van der Waals surface area contributed by atoms with E-state index < -0.39 is 0 Å². The molecule has 5 rings (SSSR count). The van der Waals surface area contributed by atoms with Gasteiger partial charge in [0.1, 0.15) is 5.78 Å². The summed E-state index contributed by atoms with van der Waals surface area (Å²) in [5.74, 6) is 4.37. The third-order valence-corrected chi connectivity index (χ3v) is 12.0. The molecule has 0 bridgehead atoms. The Morgan fingerprint density at radius 1 is 0.943 bits per heavy atom. The molecule has 0 unspecified atom stereocenters. The van der Waals surface area contributed by atoms with Crippen LogP contribution in [0.2, 0.25) is 0 Å². The minimum absolute atomic E-state index is 0.115. The van der Waals surface area contributed by atoms with Crippen molar-refractivity contribution in [2.45, 2.75) is 129 Å². The maximum Gasteiger partial charge on any atom is 0.222 e. The molecule has 5 aliphatic rings. The van der Waals surface area contributed by atoms with Gasteiger partial charge in [0.2, 0.25) is 5.91 Å². The fourth-order valence-electron chi connectivity index (χ4n) is 9.83. The summed E-state index contributed by atoms with van der Waals surface area (Å²) in [6.45, 7) is 6.89. The molecule has 0 spiro atoms. The first-order valence-corrected chi connectivity index (χ1v) is 15.3. The average molecular weight is 486 g/mol. The summed E-state index contributed by atoms with van der Waals surface area (Å²) in [6, 6.07) is 0. The SMILES string of the molecule is C[C@]12CCC(=O)C[C@@H]1C[C@@H](CCCCCCCC(=O)N1CCCC1)[C@@H]1[C@@H]2CC[C@]2(C)[C@@H](O)CC[C@@H]12. The van der Waals surface area contributed by atoms with Gasteiger partial charge in [0.05, 0.1) is 6.10 Å². The van der Waals surface area contributed by atoms with Crippen molar-refractivity contribution < 1.29 is 14.7 Å². The van der Waals surface area contributed by atoms with Crippen LogP contribution >= 0.6 is 0 Å². The fourth-order valence-corrected chi connectivity index (χ4v) is 9.83. The molecule has 5 fully saturated rings. The third kappa shape index (κ3) is 4.87. The van der Waals surface area contributed by atoms with Gasteiger partial charge >= 0.3 is 0 Å². The Morgan fingerprint density at radius 2 is 1.66 bits per heavy atom. The minimum Gasteiger partial charge on any atom is -0.393 e. The summed E-state index contributed by atoms with van der Waals surface area (Å²) < 4.78 is 0. The first kappa shape index (κ1) is 25.7. The number of nitrogens with zero attached hydrogens (tertiary/aromatic N) is 1. The highest BCUT2D eigenvalue weighted by Crippen LogP contribution is 2.67. The normalized spacial score (nSPS) is 43.1. The van der Waals surface area contributed by atoms with Crippen molar-refractivity contribution in [2.75, 3.05) is 13.1 Å². The molecule has 4 heteroatoms. The van der Waals surface area contributed by atoms with Crippen molar-refractivity contribution in [2.24, 2.45) is 40.4 Å². The molecule has 0 aromatic heterocycles. The zero-order valence-electron chi connectivity index (χ0n) is 22.6. The number of carbonyl (C=O) groups is 2. The van der Waals surface area contributed by atoms with Crippen molar-refractivity contribution in [1.82, 2.24) is 4.90 Å². The Balaban J connectivity index is 1.16. The van der Waals surface area contributed by atoms with Gasteiger partial charge in [-0.25, -0.2) is 0 Å². The molecule has 35 heavy (non-hydrogen) atoms. The van der Waals surface area contributed by atoms with Crippen LogP contribution in [-0.4, -0.2) is 40.9 Å². The maximum absolute atomic E-state index is 12.4. The molecule has 0 aromatic rings. The number of aliphatic hydroxyl groups is 1. The lowest BCUT2D eigenvalue weighted by molar-refractivity contribution is -0.156. The average Bonchev–Trinajstić information content (AvgIpc) is 3.48. The van der Waals surface area contributed by atoms with Crippen molar-refractivity contribution in [1.29, 1.82) is 0 Å². The van der Waals surface area contributed by atoms with Crippen LogP contribution in [0.15, 0.2) is 0 Å². The minimum atomic E-state index is -0.115. The number of aliphatic hydroxyl groups excluding tert-OH is 1. The van der Waals surface area contributed by atoms with E-state index in [9.17, 15) is 14.7 Å².